The molecule has 1 amide bonds. The molecule has 0 unspecified atom stereocenters. The molecule has 13 heteroatoms. The SMILES string of the molecule is Cc1ccc(Cl)c(-n2c(SCC(=O)Nc3ccc(S(=O)(=O)Nc4ncccn4)cc3)nc3ccccc3c2=O)c1. The van der Waals surface area contributed by atoms with Crippen LogP contribution in [-0.4, -0.2) is 39.6 Å². The lowest BCUT2D eigenvalue weighted by atomic mass is 10.2. The summed E-state index contributed by atoms with van der Waals surface area (Å²) in [7, 11) is -3.91. The van der Waals surface area contributed by atoms with E-state index in [0.717, 1.165) is 17.3 Å². The summed E-state index contributed by atoms with van der Waals surface area (Å²) in [5.41, 5.74) is 1.98. The molecule has 3 aromatic carbocycles. The molecule has 10 nitrogen and oxygen atoms in total. The number of nitrogens with zero attached hydrogens (tertiary/aromatic N) is 4. The van der Waals surface area contributed by atoms with Crippen molar-refractivity contribution in [2.24, 2.45) is 0 Å². The summed E-state index contributed by atoms with van der Waals surface area (Å²) in [6.45, 7) is 1.89. The van der Waals surface area contributed by atoms with Gasteiger partial charge in [-0.05, 0) is 67.1 Å². The summed E-state index contributed by atoms with van der Waals surface area (Å²) in [6, 6.07) is 19.5. The molecule has 2 N–H and O–H groups in total. The number of amides is 1. The number of halogens is 1. The van der Waals surface area contributed by atoms with E-state index in [4.69, 9.17) is 11.6 Å². The molecule has 202 valence electrons. The molecule has 0 bridgehead atoms. The van der Waals surface area contributed by atoms with Crippen LogP contribution in [0.4, 0.5) is 11.6 Å². The zero-order valence-corrected chi connectivity index (χ0v) is 23.3. The number of anilines is 2. The molecular formula is C27H21ClN6O4S2. The Kier molecular flexibility index (Phi) is 7.83. The predicted octanol–water partition coefficient (Wildman–Crippen LogP) is 4.67. The zero-order valence-electron chi connectivity index (χ0n) is 20.9. The highest BCUT2D eigenvalue weighted by Crippen LogP contribution is 2.27. The molecule has 0 aliphatic rings. The van der Waals surface area contributed by atoms with Gasteiger partial charge in [-0.3, -0.25) is 14.2 Å². The molecular weight excluding hydrogens is 572 g/mol. The fourth-order valence-corrected chi connectivity index (χ4v) is 5.76. The molecule has 0 atom stereocenters. The summed E-state index contributed by atoms with van der Waals surface area (Å²) >= 11 is 7.54. The fourth-order valence-electron chi connectivity index (χ4n) is 3.79. The van der Waals surface area contributed by atoms with E-state index < -0.39 is 10.0 Å². The number of rotatable bonds is 8. The Balaban J connectivity index is 1.34. The van der Waals surface area contributed by atoms with E-state index in [1.54, 1.807) is 42.5 Å². The van der Waals surface area contributed by atoms with E-state index in [9.17, 15) is 18.0 Å². The minimum atomic E-state index is -3.91. The number of fused-ring (bicyclic) bond motifs is 1. The highest BCUT2D eigenvalue weighted by Gasteiger charge is 2.18. The second-order valence-corrected chi connectivity index (χ2v) is 11.6. The Morgan fingerprint density at radius 2 is 1.73 bits per heavy atom. The summed E-state index contributed by atoms with van der Waals surface area (Å²) in [5, 5.41) is 3.84. The molecule has 2 aromatic heterocycles. The van der Waals surface area contributed by atoms with Gasteiger partial charge in [-0.1, -0.05) is 41.6 Å². The first kappa shape index (κ1) is 27.3. The number of carbonyl (C=O) groups excluding carboxylic acids is 1. The molecule has 0 radical (unpaired) electrons. The van der Waals surface area contributed by atoms with Crippen LogP contribution in [-0.2, 0) is 14.8 Å². The first-order chi connectivity index (χ1) is 19.2. The highest BCUT2D eigenvalue weighted by molar-refractivity contribution is 7.99. The molecule has 40 heavy (non-hydrogen) atoms. The number of benzene rings is 3. The maximum Gasteiger partial charge on any atom is 0.266 e. The molecule has 0 saturated carbocycles. The molecule has 5 rings (SSSR count). The normalized spacial score (nSPS) is 11.3. The number of thioether (sulfide) groups is 1. The monoisotopic (exact) mass is 592 g/mol. The van der Waals surface area contributed by atoms with E-state index in [1.165, 1.54) is 41.2 Å². The lowest BCUT2D eigenvalue weighted by Gasteiger charge is -2.15. The number of hydrogen-bond acceptors (Lipinski definition) is 8. The largest absolute Gasteiger partial charge is 0.325 e. The fraction of sp³-hybridized carbons (Fsp3) is 0.0741. The van der Waals surface area contributed by atoms with E-state index >= 15 is 0 Å². The Labute approximate surface area is 238 Å². The van der Waals surface area contributed by atoms with Crippen molar-refractivity contribution in [1.29, 1.82) is 0 Å². The van der Waals surface area contributed by atoms with Crippen molar-refractivity contribution in [3.8, 4) is 5.69 Å². The third-order valence-electron chi connectivity index (χ3n) is 5.66. The van der Waals surface area contributed by atoms with Crippen molar-refractivity contribution in [1.82, 2.24) is 19.5 Å². The number of nitrogens with one attached hydrogen (secondary N) is 2. The Bertz CT molecular complexity index is 1880. The van der Waals surface area contributed by atoms with Crippen LogP contribution in [0.15, 0.2) is 100 Å². The minimum Gasteiger partial charge on any atom is -0.325 e. The van der Waals surface area contributed by atoms with Crippen LogP contribution < -0.4 is 15.6 Å². The average molecular weight is 593 g/mol. The first-order valence-electron chi connectivity index (χ1n) is 11.8. The van der Waals surface area contributed by atoms with Crippen molar-refractivity contribution < 1.29 is 13.2 Å². The predicted molar refractivity (Wildman–Crippen MR) is 156 cm³/mol. The van der Waals surface area contributed by atoms with Gasteiger partial charge in [0.2, 0.25) is 11.9 Å². The van der Waals surface area contributed by atoms with Gasteiger partial charge in [0.1, 0.15) is 0 Å². The maximum absolute atomic E-state index is 13.5. The van der Waals surface area contributed by atoms with Crippen molar-refractivity contribution in [2.75, 3.05) is 15.8 Å². The second-order valence-electron chi connectivity index (χ2n) is 8.55. The van der Waals surface area contributed by atoms with Crippen LogP contribution in [0.2, 0.25) is 5.02 Å². The second kappa shape index (κ2) is 11.5. The van der Waals surface area contributed by atoms with Gasteiger partial charge in [0, 0.05) is 18.1 Å². The van der Waals surface area contributed by atoms with Gasteiger partial charge in [-0.15, -0.1) is 0 Å². The Morgan fingerprint density at radius 3 is 2.48 bits per heavy atom. The molecule has 0 fully saturated rings. The summed E-state index contributed by atoms with van der Waals surface area (Å²) in [5.74, 6) is -0.494. The van der Waals surface area contributed by atoms with Gasteiger partial charge in [0.25, 0.3) is 15.6 Å². The maximum atomic E-state index is 13.5. The van der Waals surface area contributed by atoms with Crippen LogP contribution in [0.5, 0.6) is 0 Å². The smallest absolute Gasteiger partial charge is 0.266 e. The van der Waals surface area contributed by atoms with E-state index in [0.29, 0.717) is 32.5 Å². The Morgan fingerprint density at radius 1 is 1.00 bits per heavy atom. The van der Waals surface area contributed by atoms with Gasteiger partial charge in [-0.2, -0.15) is 0 Å². The minimum absolute atomic E-state index is 0.0215. The lowest BCUT2D eigenvalue weighted by Crippen LogP contribution is -2.23. The van der Waals surface area contributed by atoms with Gasteiger partial charge in [-0.25, -0.2) is 28.1 Å². The van der Waals surface area contributed by atoms with E-state index in [-0.39, 0.29) is 28.1 Å². The molecule has 0 saturated heterocycles. The number of sulfonamides is 1. The summed E-state index contributed by atoms with van der Waals surface area (Å²) < 4.78 is 28.9. The van der Waals surface area contributed by atoms with Crippen molar-refractivity contribution in [3.63, 3.8) is 0 Å². The molecule has 0 aliphatic carbocycles. The number of carbonyl (C=O) groups is 1. The third kappa shape index (κ3) is 5.98. The first-order valence-corrected chi connectivity index (χ1v) is 14.7. The van der Waals surface area contributed by atoms with Gasteiger partial charge < -0.3 is 5.32 Å². The van der Waals surface area contributed by atoms with Crippen molar-refractivity contribution in [2.45, 2.75) is 17.0 Å². The zero-order chi connectivity index (χ0) is 28.3. The molecule has 2 heterocycles. The van der Waals surface area contributed by atoms with Crippen LogP contribution >= 0.6 is 23.4 Å². The summed E-state index contributed by atoms with van der Waals surface area (Å²) in [4.78, 5) is 38.6. The number of aryl methyl sites for hydroxylation is 1. The van der Waals surface area contributed by atoms with Crippen LogP contribution in [0.1, 0.15) is 5.56 Å². The number of hydrogen-bond donors (Lipinski definition) is 2. The van der Waals surface area contributed by atoms with Crippen LogP contribution in [0, 0.1) is 6.92 Å². The van der Waals surface area contributed by atoms with Crippen molar-refractivity contribution in [3.05, 3.63) is 106 Å². The highest BCUT2D eigenvalue weighted by atomic mass is 35.5. The molecule has 0 spiro atoms. The van der Waals surface area contributed by atoms with Crippen LogP contribution in [0.3, 0.4) is 0 Å². The quantitative estimate of drug-likeness (QED) is 0.196. The third-order valence-corrected chi connectivity index (χ3v) is 8.26. The summed E-state index contributed by atoms with van der Waals surface area (Å²) in [6.07, 6.45) is 2.84. The van der Waals surface area contributed by atoms with Crippen molar-refractivity contribution >= 4 is 61.8 Å². The van der Waals surface area contributed by atoms with Gasteiger partial charge >= 0.3 is 0 Å². The van der Waals surface area contributed by atoms with Gasteiger partial charge in [0.15, 0.2) is 5.16 Å². The standard InChI is InChI=1S/C27H21ClN6O4S2/c1-17-7-12-21(28)23(15-17)34-25(36)20-5-2-3-6-22(20)32-27(34)39-16-24(35)31-18-8-10-19(11-9-18)40(37,38)33-26-29-13-4-14-30-26/h2-15H,16H2,1H3,(H,31,35)(H,29,30,33). The molecule has 0 aliphatic heterocycles. The van der Waals surface area contributed by atoms with E-state index in [2.05, 4.69) is 25.0 Å². The Hall–Kier alpha value is -4.26. The van der Waals surface area contributed by atoms with Gasteiger partial charge in [0.05, 0.1) is 32.3 Å². The molecule has 5 aromatic rings. The van der Waals surface area contributed by atoms with E-state index in [1.807, 2.05) is 13.0 Å². The average Bonchev–Trinajstić information content (AvgIpc) is 2.94. The number of para-hydroxylation sites is 1. The van der Waals surface area contributed by atoms with Crippen LogP contribution in [0.25, 0.3) is 16.6 Å². The topological polar surface area (TPSA) is 136 Å². The number of aromatic nitrogens is 4. The lowest BCUT2D eigenvalue weighted by molar-refractivity contribution is -0.113.